The highest BCUT2D eigenvalue weighted by molar-refractivity contribution is 5.91. The largest absolute Gasteiger partial charge is 0.481 e. The highest BCUT2D eigenvalue weighted by Crippen LogP contribution is 2.78. The summed E-state index contributed by atoms with van der Waals surface area (Å²) in [6.45, 7) is 19.3. The molecule has 4 saturated carbocycles. The fraction of sp³-hybridized carbons (Fsp3) is 0.587. The maximum Gasteiger partial charge on any atom is 0.335 e. The van der Waals surface area contributed by atoms with Crippen LogP contribution in [0.1, 0.15) is 133 Å². The van der Waals surface area contributed by atoms with Crippen LogP contribution in [-0.2, 0) is 9.59 Å². The van der Waals surface area contributed by atoms with Gasteiger partial charge in [-0.2, -0.15) is 0 Å². The number of carboxylic acids is 2. The number of carboxylic acid groups (broad SMARTS) is 2. The van der Waals surface area contributed by atoms with Crippen molar-refractivity contribution >= 4 is 23.3 Å². The van der Waals surface area contributed by atoms with E-state index >= 15 is 0 Å². The van der Waals surface area contributed by atoms with Crippen molar-refractivity contribution in [3.63, 3.8) is 0 Å². The Morgan fingerprint density at radius 1 is 0.804 bits per heavy atom. The predicted octanol–water partition coefficient (Wildman–Crippen LogP) is 10.9. The molecule has 7 rings (SSSR count). The van der Waals surface area contributed by atoms with Crippen LogP contribution in [0.4, 0.5) is 0 Å². The van der Waals surface area contributed by atoms with Crippen molar-refractivity contribution in [3.8, 4) is 0 Å². The van der Waals surface area contributed by atoms with Gasteiger partial charge in [-0.05, 0) is 145 Å². The predicted molar refractivity (Wildman–Crippen MR) is 202 cm³/mol. The monoisotopic (exact) mass is 690 g/mol. The molecule has 272 valence electrons. The second kappa shape index (κ2) is 12.3. The van der Waals surface area contributed by atoms with Crippen LogP contribution in [0, 0.1) is 56.7 Å². The Bertz CT molecular complexity index is 1770. The van der Waals surface area contributed by atoms with Crippen LogP contribution in [0.3, 0.4) is 0 Å². The normalized spacial score (nSPS) is 38.5. The number of hydrogen-bond acceptors (Lipinski definition) is 3. The molecule has 0 heterocycles. The third-order valence-corrected chi connectivity index (χ3v) is 16.5. The van der Waals surface area contributed by atoms with E-state index in [9.17, 15) is 24.6 Å². The summed E-state index contributed by atoms with van der Waals surface area (Å²) in [4.78, 5) is 38.9. The van der Waals surface area contributed by atoms with Crippen LogP contribution in [0.5, 0.6) is 0 Å². The zero-order valence-corrected chi connectivity index (χ0v) is 31.6. The maximum absolute atomic E-state index is 14.8. The molecular weight excluding hydrogens is 633 g/mol. The van der Waals surface area contributed by atoms with E-state index in [-0.39, 0.29) is 45.7 Å². The molecule has 0 unspecified atom stereocenters. The van der Waals surface area contributed by atoms with Crippen LogP contribution in [-0.4, -0.2) is 27.9 Å². The lowest BCUT2D eigenvalue weighted by Crippen LogP contribution is -2.66. The molecule has 0 radical (unpaired) electrons. The summed E-state index contributed by atoms with van der Waals surface area (Å²) in [6.07, 6.45) is 11.8. The summed E-state index contributed by atoms with van der Waals surface area (Å²) in [6, 6.07) is 16.8. The molecular formula is C46H58O5. The van der Waals surface area contributed by atoms with Crippen molar-refractivity contribution in [2.75, 3.05) is 0 Å². The van der Waals surface area contributed by atoms with E-state index < -0.39 is 23.3 Å². The molecule has 5 heteroatoms. The second-order valence-corrected chi connectivity index (χ2v) is 18.7. The van der Waals surface area contributed by atoms with Gasteiger partial charge >= 0.3 is 11.9 Å². The zero-order valence-electron chi connectivity index (χ0n) is 31.6. The molecule has 0 aromatic heterocycles. The van der Waals surface area contributed by atoms with Gasteiger partial charge in [0.05, 0.1) is 11.5 Å². The SMILES string of the molecule is C=C(C)[C@@H]1CC[C@]2(C(=O)C[C@H](C(=O)O)c3ccccc3)CC[C@]3(C)[C@H](CC[C@@H]4[C@@]5(C)CC=C(c6ccc(C(=O)O)cc6)C(C)(C)[C@@H]5CC[C@]43C)[C@@H]12. The minimum absolute atomic E-state index is 0.0547. The van der Waals surface area contributed by atoms with Crippen LogP contribution < -0.4 is 0 Å². The van der Waals surface area contributed by atoms with Crippen molar-refractivity contribution in [2.24, 2.45) is 56.7 Å². The van der Waals surface area contributed by atoms with Gasteiger partial charge in [0, 0.05) is 11.8 Å². The summed E-state index contributed by atoms with van der Waals surface area (Å²) >= 11 is 0. The number of hydrogen-bond donors (Lipinski definition) is 2. The summed E-state index contributed by atoms with van der Waals surface area (Å²) in [5, 5.41) is 19.8. The van der Waals surface area contributed by atoms with Gasteiger partial charge in [0.2, 0.25) is 0 Å². The molecule has 5 nitrogen and oxygen atoms in total. The van der Waals surface area contributed by atoms with Crippen LogP contribution in [0.2, 0.25) is 0 Å². The van der Waals surface area contributed by atoms with E-state index in [0.717, 1.165) is 56.9 Å². The number of aliphatic carboxylic acids is 1. The molecule has 5 aliphatic rings. The van der Waals surface area contributed by atoms with Gasteiger partial charge in [-0.15, -0.1) is 0 Å². The average molecular weight is 691 g/mol. The Labute approximate surface area is 305 Å². The number of carbonyl (C=O) groups is 3. The molecule has 51 heavy (non-hydrogen) atoms. The lowest BCUT2D eigenvalue weighted by molar-refractivity contribution is -0.224. The van der Waals surface area contributed by atoms with Crippen LogP contribution in [0.25, 0.3) is 5.57 Å². The van der Waals surface area contributed by atoms with E-state index in [2.05, 4.69) is 54.2 Å². The molecule has 10 atom stereocenters. The number of Topliss-reactive ketones (excluding diaryl/α,β-unsaturated/α-hetero) is 1. The number of ketones is 1. The Morgan fingerprint density at radius 3 is 2.12 bits per heavy atom. The van der Waals surface area contributed by atoms with Crippen LogP contribution >= 0.6 is 0 Å². The standard InChI is InChI=1S/C46H58O5/c1-28(2)32-19-24-46(38(47)27-33(41(50)51)29-11-9-8-10-12-29)26-25-44(6)35(39(32)46)17-18-37-43(5)22-20-34(30-13-15-31(16-14-30)40(48)49)42(3,4)36(43)21-23-45(37,44)7/h8-16,20,32-33,35-37,39H,1,17-19,21-27H2,2-7H3,(H,48,49)(H,50,51)/t32-,33-,35+,36-,37+,39+,43-,44+,45+,46+/m0/s1. The Kier molecular flexibility index (Phi) is 8.67. The summed E-state index contributed by atoms with van der Waals surface area (Å²) in [7, 11) is 0. The molecule has 0 saturated heterocycles. The smallest absolute Gasteiger partial charge is 0.335 e. The summed E-state index contributed by atoms with van der Waals surface area (Å²) in [5.74, 6) is -0.509. The highest BCUT2D eigenvalue weighted by Gasteiger charge is 2.71. The molecule has 0 aliphatic heterocycles. The van der Waals surface area contributed by atoms with Crippen LogP contribution in [0.15, 0.2) is 72.8 Å². The van der Waals surface area contributed by atoms with E-state index in [4.69, 9.17) is 0 Å². The maximum atomic E-state index is 14.8. The van der Waals surface area contributed by atoms with E-state index in [1.807, 2.05) is 42.5 Å². The number of benzene rings is 2. The first-order valence-corrected chi connectivity index (χ1v) is 19.5. The third kappa shape index (κ3) is 5.17. The van der Waals surface area contributed by atoms with Gasteiger partial charge in [0.25, 0.3) is 0 Å². The summed E-state index contributed by atoms with van der Waals surface area (Å²) < 4.78 is 0. The quantitative estimate of drug-likeness (QED) is 0.269. The summed E-state index contributed by atoms with van der Waals surface area (Å²) in [5.41, 5.74) is 4.48. The fourth-order valence-corrected chi connectivity index (χ4v) is 13.9. The van der Waals surface area contributed by atoms with Crippen molar-refractivity contribution in [1.29, 1.82) is 0 Å². The van der Waals surface area contributed by atoms with Gasteiger partial charge in [-0.1, -0.05) is 95.3 Å². The molecule has 2 N–H and O–H groups in total. The number of aromatic carboxylic acids is 1. The lowest BCUT2D eigenvalue weighted by Gasteiger charge is -2.72. The van der Waals surface area contributed by atoms with E-state index in [0.29, 0.717) is 28.9 Å². The van der Waals surface area contributed by atoms with Crippen molar-refractivity contribution in [2.45, 2.75) is 112 Å². The van der Waals surface area contributed by atoms with Gasteiger partial charge < -0.3 is 10.2 Å². The molecule has 5 aliphatic carbocycles. The van der Waals surface area contributed by atoms with Gasteiger partial charge in [0.1, 0.15) is 5.78 Å². The number of fused-ring (bicyclic) bond motifs is 7. The average Bonchev–Trinajstić information content (AvgIpc) is 3.49. The molecule has 4 fully saturated rings. The topological polar surface area (TPSA) is 91.7 Å². The van der Waals surface area contributed by atoms with E-state index in [1.165, 1.54) is 17.6 Å². The lowest BCUT2D eigenvalue weighted by atomic mass is 9.32. The van der Waals surface area contributed by atoms with Gasteiger partial charge in [-0.25, -0.2) is 4.79 Å². The molecule has 0 bridgehead atoms. The number of carbonyl (C=O) groups excluding carboxylic acids is 1. The van der Waals surface area contributed by atoms with Crippen molar-refractivity contribution < 1.29 is 24.6 Å². The van der Waals surface area contributed by atoms with Gasteiger partial charge in [0.15, 0.2) is 0 Å². The second-order valence-electron chi connectivity index (χ2n) is 18.7. The molecule has 2 aromatic rings. The highest BCUT2D eigenvalue weighted by atomic mass is 16.4. The number of allylic oxidation sites excluding steroid dienone is 3. The first-order chi connectivity index (χ1) is 24.0. The third-order valence-electron chi connectivity index (χ3n) is 16.5. The number of rotatable bonds is 8. The Balaban J connectivity index is 1.22. The zero-order chi connectivity index (χ0) is 36.7. The molecule has 0 amide bonds. The minimum atomic E-state index is -0.916. The van der Waals surface area contributed by atoms with E-state index in [1.54, 1.807) is 12.1 Å². The van der Waals surface area contributed by atoms with Gasteiger partial charge in [-0.3, -0.25) is 9.59 Å². The molecule has 0 spiro atoms. The first-order valence-electron chi connectivity index (χ1n) is 19.5. The Morgan fingerprint density at radius 2 is 1.49 bits per heavy atom. The molecule has 2 aromatic carbocycles. The Hall–Kier alpha value is -3.47. The minimum Gasteiger partial charge on any atom is -0.481 e. The fourth-order valence-electron chi connectivity index (χ4n) is 13.9. The van der Waals surface area contributed by atoms with Crippen molar-refractivity contribution in [1.82, 2.24) is 0 Å². The van der Waals surface area contributed by atoms with Crippen molar-refractivity contribution in [3.05, 3.63) is 89.5 Å². The first kappa shape index (κ1) is 35.9.